The Morgan fingerprint density at radius 1 is 1.39 bits per heavy atom. The molecule has 0 unspecified atom stereocenters. The molecule has 150 valence electrons. The van der Waals surface area contributed by atoms with Gasteiger partial charge in [0.25, 0.3) is 5.91 Å². The van der Waals surface area contributed by atoms with Crippen molar-refractivity contribution in [2.24, 2.45) is 0 Å². The lowest BCUT2D eigenvalue weighted by molar-refractivity contribution is -0.136. The van der Waals surface area contributed by atoms with Crippen LogP contribution in [0.3, 0.4) is 0 Å². The Morgan fingerprint density at radius 3 is 2.64 bits per heavy atom. The van der Waals surface area contributed by atoms with E-state index >= 15 is 0 Å². The SMILES string of the molecule is CCN(C(=O)CN1C(=O)/C(=C/c2ccc(Cl)cc2)SC1=S)[C@@H]1CCS(=O)(=O)C1. The summed E-state index contributed by atoms with van der Waals surface area (Å²) in [5, 5.41) is 0.601. The van der Waals surface area contributed by atoms with Gasteiger partial charge in [-0.15, -0.1) is 0 Å². The lowest BCUT2D eigenvalue weighted by atomic mass is 10.2. The lowest BCUT2D eigenvalue weighted by Gasteiger charge is -2.28. The number of hydrogen-bond acceptors (Lipinski definition) is 6. The minimum atomic E-state index is -3.10. The molecule has 10 heteroatoms. The summed E-state index contributed by atoms with van der Waals surface area (Å²) in [5.41, 5.74) is 0.808. The normalized spacial score (nSPS) is 22.9. The van der Waals surface area contributed by atoms with Crippen LogP contribution >= 0.6 is 35.6 Å². The average Bonchev–Trinajstić information content (AvgIpc) is 3.11. The van der Waals surface area contributed by atoms with Crippen molar-refractivity contribution in [3.8, 4) is 0 Å². The van der Waals surface area contributed by atoms with Crippen molar-refractivity contribution in [2.45, 2.75) is 19.4 Å². The maximum atomic E-state index is 12.8. The van der Waals surface area contributed by atoms with E-state index in [0.717, 1.165) is 17.3 Å². The van der Waals surface area contributed by atoms with E-state index in [1.54, 1.807) is 37.3 Å². The topological polar surface area (TPSA) is 74.8 Å². The highest BCUT2D eigenvalue weighted by molar-refractivity contribution is 8.26. The summed E-state index contributed by atoms with van der Waals surface area (Å²) in [6, 6.07) is 6.70. The van der Waals surface area contributed by atoms with E-state index < -0.39 is 9.84 Å². The summed E-state index contributed by atoms with van der Waals surface area (Å²) >= 11 is 12.3. The molecule has 2 amide bonds. The van der Waals surface area contributed by atoms with E-state index in [-0.39, 0.29) is 35.9 Å². The highest BCUT2D eigenvalue weighted by Gasteiger charge is 2.38. The molecule has 2 aliphatic heterocycles. The molecule has 0 N–H and O–H groups in total. The van der Waals surface area contributed by atoms with Gasteiger partial charge in [-0.25, -0.2) is 8.42 Å². The second-order valence-corrected chi connectivity index (χ2v) is 10.9. The van der Waals surface area contributed by atoms with Crippen LogP contribution in [0.25, 0.3) is 6.08 Å². The molecule has 2 fully saturated rings. The van der Waals surface area contributed by atoms with Gasteiger partial charge in [0.1, 0.15) is 10.9 Å². The van der Waals surface area contributed by atoms with Crippen LogP contribution in [0.5, 0.6) is 0 Å². The van der Waals surface area contributed by atoms with Gasteiger partial charge in [-0.3, -0.25) is 14.5 Å². The molecule has 2 heterocycles. The third-order valence-corrected chi connectivity index (χ3v) is 8.03. The molecule has 6 nitrogen and oxygen atoms in total. The number of carbonyl (C=O) groups is 2. The number of carbonyl (C=O) groups excluding carboxylic acids is 2. The zero-order valence-electron chi connectivity index (χ0n) is 15.1. The maximum Gasteiger partial charge on any atom is 0.266 e. The summed E-state index contributed by atoms with van der Waals surface area (Å²) in [5.74, 6) is -0.560. The molecule has 3 rings (SSSR count). The first-order valence-corrected chi connectivity index (χ1v) is 12.1. The number of sulfone groups is 1. The largest absolute Gasteiger partial charge is 0.337 e. The Hall–Kier alpha value is -1.42. The number of thioether (sulfide) groups is 1. The van der Waals surface area contributed by atoms with Gasteiger partial charge < -0.3 is 4.90 Å². The van der Waals surface area contributed by atoms with Gasteiger partial charge >= 0.3 is 0 Å². The van der Waals surface area contributed by atoms with E-state index in [1.807, 2.05) is 0 Å². The van der Waals surface area contributed by atoms with E-state index in [1.165, 1.54) is 9.80 Å². The first kappa shape index (κ1) is 21.3. The van der Waals surface area contributed by atoms with Crippen LogP contribution in [0, 0.1) is 0 Å². The fraction of sp³-hybridized carbons (Fsp3) is 0.389. The van der Waals surface area contributed by atoms with Crippen LogP contribution in [0.4, 0.5) is 0 Å². The Morgan fingerprint density at radius 2 is 2.07 bits per heavy atom. The Balaban J connectivity index is 1.71. The summed E-state index contributed by atoms with van der Waals surface area (Å²) in [6.45, 7) is 2.00. The fourth-order valence-electron chi connectivity index (χ4n) is 3.23. The molecule has 0 aromatic heterocycles. The first-order chi connectivity index (χ1) is 13.2. The predicted octanol–water partition coefficient (Wildman–Crippen LogP) is 2.58. The highest BCUT2D eigenvalue weighted by atomic mass is 35.5. The Bertz CT molecular complexity index is 944. The molecule has 0 saturated carbocycles. The molecule has 28 heavy (non-hydrogen) atoms. The van der Waals surface area contributed by atoms with Crippen molar-refractivity contribution < 1.29 is 18.0 Å². The standard InChI is InChI=1S/C18H19ClN2O4S3/c1-2-20(14-7-8-28(24,25)11-14)16(22)10-21-17(23)15(27-18(21)26)9-12-3-5-13(19)6-4-12/h3-6,9,14H,2,7-8,10-11H2,1H3/b15-9-/t14-/m1/s1. The smallest absolute Gasteiger partial charge is 0.266 e. The Kier molecular flexibility index (Phi) is 6.48. The average molecular weight is 459 g/mol. The summed E-state index contributed by atoms with van der Waals surface area (Å²) < 4.78 is 23.8. The maximum absolute atomic E-state index is 12.8. The minimum absolute atomic E-state index is 0.0263. The van der Waals surface area contributed by atoms with Gasteiger partial charge in [-0.1, -0.05) is 47.7 Å². The van der Waals surface area contributed by atoms with Crippen molar-refractivity contribution >= 4 is 67.6 Å². The third-order valence-electron chi connectivity index (χ3n) is 4.64. The van der Waals surface area contributed by atoms with Crippen LogP contribution in [-0.2, 0) is 19.4 Å². The molecule has 0 spiro atoms. The molecular formula is C18H19ClN2O4S3. The monoisotopic (exact) mass is 458 g/mol. The molecule has 0 bridgehead atoms. The van der Waals surface area contributed by atoms with Crippen LogP contribution in [0.2, 0.25) is 5.02 Å². The number of amides is 2. The van der Waals surface area contributed by atoms with Gasteiger partial charge in [0.15, 0.2) is 9.84 Å². The first-order valence-electron chi connectivity index (χ1n) is 8.71. The summed E-state index contributed by atoms with van der Waals surface area (Å²) in [6.07, 6.45) is 2.14. The third kappa shape index (κ3) is 4.76. The number of likely N-dealkylation sites (N-methyl/N-ethyl adjacent to an activating group) is 1. The lowest BCUT2D eigenvalue weighted by Crippen LogP contribution is -2.47. The molecule has 0 aliphatic carbocycles. The zero-order valence-corrected chi connectivity index (χ0v) is 18.3. The van der Waals surface area contributed by atoms with Crippen molar-refractivity contribution in [1.82, 2.24) is 9.80 Å². The summed E-state index contributed by atoms with van der Waals surface area (Å²) in [4.78, 5) is 28.7. The second-order valence-electron chi connectivity index (χ2n) is 6.56. The molecule has 1 atom stereocenters. The number of benzene rings is 1. The molecule has 2 aliphatic rings. The molecule has 1 aromatic rings. The Labute approximate surface area is 178 Å². The van der Waals surface area contributed by atoms with E-state index in [0.29, 0.717) is 27.2 Å². The number of hydrogen-bond donors (Lipinski definition) is 0. The van der Waals surface area contributed by atoms with Gasteiger partial charge in [0.2, 0.25) is 5.91 Å². The van der Waals surface area contributed by atoms with Crippen molar-refractivity contribution in [3.63, 3.8) is 0 Å². The zero-order chi connectivity index (χ0) is 20.5. The van der Waals surface area contributed by atoms with Crippen molar-refractivity contribution in [1.29, 1.82) is 0 Å². The van der Waals surface area contributed by atoms with Gasteiger partial charge in [0.05, 0.1) is 16.4 Å². The van der Waals surface area contributed by atoms with E-state index in [4.69, 9.17) is 23.8 Å². The van der Waals surface area contributed by atoms with Crippen LogP contribution in [0.1, 0.15) is 18.9 Å². The van der Waals surface area contributed by atoms with Crippen molar-refractivity contribution in [3.05, 3.63) is 39.8 Å². The number of nitrogens with zero attached hydrogens (tertiary/aromatic N) is 2. The highest BCUT2D eigenvalue weighted by Crippen LogP contribution is 2.33. The number of halogens is 1. The number of thiocarbonyl (C=S) groups is 1. The van der Waals surface area contributed by atoms with Crippen LogP contribution in [0.15, 0.2) is 29.2 Å². The van der Waals surface area contributed by atoms with E-state index in [9.17, 15) is 18.0 Å². The predicted molar refractivity (Wildman–Crippen MR) is 116 cm³/mol. The molecule has 2 saturated heterocycles. The van der Waals surface area contributed by atoms with Gasteiger partial charge in [-0.2, -0.15) is 0 Å². The molecular weight excluding hydrogens is 440 g/mol. The van der Waals surface area contributed by atoms with E-state index in [2.05, 4.69) is 0 Å². The summed E-state index contributed by atoms with van der Waals surface area (Å²) in [7, 11) is -3.10. The molecule has 1 aromatic carbocycles. The van der Waals surface area contributed by atoms with Crippen LogP contribution < -0.4 is 0 Å². The van der Waals surface area contributed by atoms with Crippen LogP contribution in [-0.4, -0.2) is 65.0 Å². The minimum Gasteiger partial charge on any atom is -0.337 e. The van der Waals surface area contributed by atoms with Gasteiger partial charge in [0, 0.05) is 17.6 Å². The van der Waals surface area contributed by atoms with Gasteiger partial charge in [-0.05, 0) is 37.1 Å². The fourth-order valence-corrected chi connectivity index (χ4v) is 6.34. The van der Waals surface area contributed by atoms with Crippen molar-refractivity contribution in [2.75, 3.05) is 24.6 Å². The quantitative estimate of drug-likeness (QED) is 0.498. The molecule has 0 radical (unpaired) electrons. The number of rotatable bonds is 5. The second kappa shape index (κ2) is 8.52.